The molecule has 2 amide bonds. The van der Waals surface area contributed by atoms with Crippen LogP contribution in [0.15, 0.2) is 29.2 Å². The van der Waals surface area contributed by atoms with E-state index in [4.69, 9.17) is 0 Å². The van der Waals surface area contributed by atoms with Crippen LogP contribution in [0, 0.1) is 0 Å². The van der Waals surface area contributed by atoms with Gasteiger partial charge in [-0.05, 0) is 37.3 Å². The Balaban J connectivity index is 1.71. The molecule has 1 heterocycles. The Morgan fingerprint density at radius 1 is 1.30 bits per heavy atom. The molecule has 0 atom stereocenters. The first kappa shape index (κ1) is 17.8. The SMILES string of the molecule is CSc1cccc(NC(=O)C(=O)NCCN2CCC(O)CC2)c1. The van der Waals surface area contributed by atoms with Crippen LogP contribution in [0.1, 0.15) is 12.8 Å². The zero-order valence-corrected chi connectivity index (χ0v) is 14.1. The first-order valence-corrected chi connectivity index (χ1v) is 8.94. The van der Waals surface area contributed by atoms with Gasteiger partial charge in [-0.25, -0.2) is 0 Å². The van der Waals surface area contributed by atoms with Gasteiger partial charge in [-0.1, -0.05) is 6.07 Å². The predicted molar refractivity (Wildman–Crippen MR) is 91.5 cm³/mol. The van der Waals surface area contributed by atoms with Gasteiger partial charge >= 0.3 is 11.8 Å². The Morgan fingerprint density at radius 2 is 2.04 bits per heavy atom. The number of rotatable bonds is 5. The third-order valence-corrected chi connectivity index (χ3v) is 4.53. The minimum atomic E-state index is -0.655. The second-order valence-electron chi connectivity index (χ2n) is 5.51. The number of amides is 2. The molecule has 0 saturated carbocycles. The number of hydrogen-bond acceptors (Lipinski definition) is 5. The van der Waals surface area contributed by atoms with Gasteiger partial charge in [0.25, 0.3) is 0 Å². The average molecular weight is 337 g/mol. The fraction of sp³-hybridized carbons (Fsp3) is 0.500. The third-order valence-electron chi connectivity index (χ3n) is 3.80. The van der Waals surface area contributed by atoms with E-state index in [0.717, 1.165) is 30.8 Å². The van der Waals surface area contributed by atoms with Crippen molar-refractivity contribution in [2.24, 2.45) is 0 Å². The van der Waals surface area contributed by atoms with Crippen molar-refractivity contribution in [2.45, 2.75) is 23.8 Å². The summed E-state index contributed by atoms with van der Waals surface area (Å²) in [4.78, 5) is 26.9. The highest BCUT2D eigenvalue weighted by Crippen LogP contribution is 2.18. The van der Waals surface area contributed by atoms with Crippen molar-refractivity contribution in [1.29, 1.82) is 0 Å². The van der Waals surface area contributed by atoms with Gasteiger partial charge in [-0.15, -0.1) is 11.8 Å². The van der Waals surface area contributed by atoms with Crippen molar-refractivity contribution in [2.75, 3.05) is 37.8 Å². The lowest BCUT2D eigenvalue weighted by molar-refractivity contribution is -0.136. The Kier molecular flexibility index (Phi) is 6.88. The van der Waals surface area contributed by atoms with E-state index in [2.05, 4.69) is 15.5 Å². The number of aliphatic hydroxyl groups excluding tert-OH is 1. The zero-order valence-electron chi connectivity index (χ0n) is 13.2. The molecule has 0 unspecified atom stereocenters. The van der Waals surface area contributed by atoms with Crippen LogP contribution in [0.4, 0.5) is 5.69 Å². The molecule has 0 aliphatic carbocycles. The highest BCUT2D eigenvalue weighted by atomic mass is 32.2. The van der Waals surface area contributed by atoms with Crippen LogP contribution in [0.2, 0.25) is 0 Å². The Hall–Kier alpha value is -1.57. The summed E-state index contributed by atoms with van der Waals surface area (Å²) in [5.74, 6) is -1.28. The van der Waals surface area contributed by atoms with Gasteiger partial charge in [0, 0.05) is 36.8 Å². The smallest absolute Gasteiger partial charge is 0.313 e. The second kappa shape index (κ2) is 8.90. The first-order chi connectivity index (χ1) is 11.1. The topological polar surface area (TPSA) is 81.7 Å². The molecule has 23 heavy (non-hydrogen) atoms. The molecule has 0 radical (unpaired) electrons. The average Bonchev–Trinajstić information content (AvgIpc) is 2.56. The molecule has 0 spiro atoms. The van der Waals surface area contributed by atoms with E-state index in [1.807, 2.05) is 24.5 Å². The Morgan fingerprint density at radius 3 is 2.74 bits per heavy atom. The van der Waals surface area contributed by atoms with E-state index < -0.39 is 11.8 Å². The van der Waals surface area contributed by atoms with Crippen LogP contribution in [0.25, 0.3) is 0 Å². The van der Waals surface area contributed by atoms with E-state index in [-0.39, 0.29) is 6.10 Å². The van der Waals surface area contributed by atoms with E-state index in [9.17, 15) is 14.7 Å². The molecular formula is C16H23N3O3S. The normalized spacial score (nSPS) is 16.1. The quantitative estimate of drug-likeness (QED) is 0.550. The summed E-state index contributed by atoms with van der Waals surface area (Å²) in [6, 6.07) is 7.36. The number of carbonyl (C=O) groups is 2. The molecule has 1 aromatic rings. The molecule has 1 aliphatic heterocycles. The highest BCUT2D eigenvalue weighted by Gasteiger charge is 2.18. The van der Waals surface area contributed by atoms with Gasteiger partial charge in [0.15, 0.2) is 0 Å². The number of benzene rings is 1. The molecule has 6 nitrogen and oxygen atoms in total. The zero-order chi connectivity index (χ0) is 16.7. The van der Waals surface area contributed by atoms with Crippen LogP contribution in [0.5, 0.6) is 0 Å². The van der Waals surface area contributed by atoms with Crippen LogP contribution in [-0.4, -0.2) is 60.4 Å². The molecule has 0 aromatic heterocycles. The molecule has 1 aliphatic rings. The number of nitrogens with zero attached hydrogens (tertiary/aromatic N) is 1. The second-order valence-corrected chi connectivity index (χ2v) is 6.39. The molecule has 2 rings (SSSR count). The summed E-state index contributed by atoms with van der Waals surface area (Å²) in [6.45, 7) is 2.76. The first-order valence-electron chi connectivity index (χ1n) is 7.72. The highest BCUT2D eigenvalue weighted by molar-refractivity contribution is 7.98. The fourth-order valence-corrected chi connectivity index (χ4v) is 2.90. The van der Waals surface area contributed by atoms with Crippen LogP contribution in [0.3, 0.4) is 0 Å². The number of aliphatic hydroxyl groups is 1. The summed E-state index contributed by atoms with van der Waals surface area (Å²) in [6.07, 6.45) is 3.27. The van der Waals surface area contributed by atoms with Gasteiger partial charge in [-0.3, -0.25) is 9.59 Å². The predicted octanol–water partition coefficient (Wildman–Crippen LogP) is 0.920. The summed E-state index contributed by atoms with van der Waals surface area (Å²) in [7, 11) is 0. The van der Waals surface area contributed by atoms with Gasteiger partial charge in [0.05, 0.1) is 6.10 Å². The molecular weight excluding hydrogens is 314 g/mol. The van der Waals surface area contributed by atoms with Crippen LogP contribution < -0.4 is 10.6 Å². The molecule has 0 bridgehead atoms. The number of piperidine rings is 1. The van der Waals surface area contributed by atoms with Crippen molar-refractivity contribution in [3.05, 3.63) is 24.3 Å². The van der Waals surface area contributed by atoms with Crippen molar-refractivity contribution >= 4 is 29.3 Å². The van der Waals surface area contributed by atoms with Crippen molar-refractivity contribution < 1.29 is 14.7 Å². The number of anilines is 1. The van der Waals surface area contributed by atoms with Crippen molar-refractivity contribution in [1.82, 2.24) is 10.2 Å². The minimum absolute atomic E-state index is 0.205. The lowest BCUT2D eigenvalue weighted by atomic mass is 10.1. The lowest BCUT2D eigenvalue weighted by Crippen LogP contribution is -2.43. The van der Waals surface area contributed by atoms with Crippen molar-refractivity contribution in [3.8, 4) is 0 Å². The van der Waals surface area contributed by atoms with Gasteiger partial charge < -0.3 is 20.6 Å². The van der Waals surface area contributed by atoms with Crippen LogP contribution >= 0.6 is 11.8 Å². The van der Waals surface area contributed by atoms with Crippen molar-refractivity contribution in [3.63, 3.8) is 0 Å². The fourth-order valence-electron chi connectivity index (χ4n) is 2.44. The summed E-state index contributed by atoms with van der Waals surface area (Å²) < 4.78 is 0. The summed E-state index contributed by atoms with van der Waals surface area (Å²) >= 11 is 1.57. The largest absolute Gasteiger partial charge is 0.393 e. The molecule has 1 aromatic carbocycles. The summed E-state index contributed by atoms with van der Waals surface area (Å²) in [5, 5.41) is 14.7. The van der Waals surface area contributed by atoms with Gasteiger partial charge in [-0.2, -0.15) is 0 Å². The van der Waals surface area contributed by atoms with E-state index in [0.29, 0.717) is 18.8 Å². The molecule has 126 valence electrons. The van der Waals surface area contributed by atoms with E-state index in [1.165, 1.54) is 0 Å². The maximum Gasteiger partial charge on any atom is 0.313 e. The number of nitrogens with one attached hydrogen (secondary N) is 2. The number of likely N-dealkylation sites (tertiary alicyclic amines) is 1. The monoisotopic (exact) mass is 337 g/mol. The molecule has 7 heteroatoms. The van der Waals surface area contributed by atoms with Gasteiger partial charge in [0.1, 0.15) is 0 Å². The minimum Gasteiger partial charge on any atom is -0.393 e. The molecule has 3 N–H and O–H groups in total. The molecule has 1 saturated heterocycles. The Bertz CT molecular complexity index is 545. The Labute approximate surface area is 140 Å². The third kappa shape index (κ3) is 5.85. The van der Waals surface area contributed by atoms with Gasteiger partial charge in [0.2, 0.25) is 0 Å². The van der Waals surface area contributed by atoms with E-state index in [1.54, 1.807) is 17.8 Å². The number of carbonyl (C=O) groups excluding carboxylic acids is 2. The number of hydrogen-bond donors (Lipinski definition) is 3. The maximum absolute atomic E-state index is 11.9. The standard InChI is InChI=1S/C16H23N3O3S/c1-23-14-4-2-3-12(11-14)18-16(22)15(21)17-7-10-19-8-5-13(20)6-9-19/h2-4,11,13,20H,5-10H2,1H3,(H,17,21)(H,18,22). The summed E-state index contributed by atoms with van der Waals surface area (Å²) in [5.41, 5.74) is 0.613. The van der Waals surface area contributed by atoms with E-state index >= 15 is 0 Å². The maximum atomic E-state index is 11.9. The number of thioether (sulfide) groups is 1. The lowest BCUT2D eigenvalue weighted by Gasteiger charge is -2.29. The van der Waals surface area contributed by atoms with Crippen LogP contribution in [-0.2, 0) is 9.59 Å². The molecule has 1 fully saturated rings.